The topological polar surface area (TPSA) is 43.4 Å². The quantitative estimate of drug-likeness (QED) is 0.140. The van der Waals surface area contributed by atoms with Crippen molar-refractivity contribution in [3.05, 3.63) is 59.9 Å². The van der Waals surface area contributed by atoms with Crippen LogP contribution in [0.3, 0.4) is 0 Å². The van der Waals surface area contributed by atoms with Gasteiger partial charge in [-0.1, -0.05) is 85.9 Å². The maximum atomic E-state index is 14.4. The molecule has 3 rings (SSSR count). The standard InChI is InChI=1S/C23H28F4O3SSi/c1-2-3-7-14-32(20-8-5-4-6-9-20)15-12-18(13-16-32)19-10-11-22(21(24)17-19)30-31(28,29)23(25,26)27/h4-6,8-11,17-18H,2-3,7,12-16H2,1H3. The fourth-order valence-electron chi connectivity index (χ4n) is 4.70. The predicted molar refractivity (Wildman–Crippen MR) is 120 cm³/mol. The lowest BCUT2D eigenvalue weighted by molar-refractivity contribution is -0.0500. The summed E-state index contributed by atoms with van der Waals surface area (Å²) in [6.07, 6.45) is 5.34. The summed E-state index contributed by atoms with van der Waals surface area (Å²) >= 11 is 0. The Bertz CT molecular complexity index is 1000. The molecule has 176 valence electrons. The maximum absolute atomic E-state index is 14.4. The minimum absolute atomic E-state index is 0.0910. The van der Waals surface area contributed by atoms with Crippen molar-refractivity contribution in [2.24, 2.45) is 0 Å². The van der Waals surface area contributed by atoms with Gasteiger partial charge in [0.1, 0.15) is 0 Å². The number of rotatable bonds is 8. The summed E-state index contributed by atoms with van der Waals surface area (Å²) < 4.78 is 78.2. The van der Waals surface area contributed by atoms with Crippen molar-refractivity contribution in [2.45, 2.75) is 68.6 Å². The van der Waals surface area contributed by atoms with Crippen LogP contribution in [0.15, 0.2) is 48.5 Å². The largest absolute Gasteiger partial charge is 0.534 e. The first-order valence-electron chi connectivity index (χ1n) is 10.9. The number of alkyl halides is 3. The van der Waals surface area contributed by atoms with Crippen LogP contribution in [-0.4, -0.2) is 22.0 Å². The predicted octanol–water partition coefficient (Wildman–Crippen LogP) is 6.48. The molecular formula is C23H28F4O3SSi. The highest BCUT2D eigenvalue weighted by Gasteiger charge is 2.49. The van der Waals surface area contributed by atoms with Gasteiger partial charge in [0, 0.05) is 0 Å². The molecule has 1 aliphatic rings. The zero-order valence-corrected chi connectivity index (χ0v) is 19.8. The van der Waals surface area contributed by atoms with Crippen LogP contribution in [0.4, 0.5) is 17.6 Å². The molecule has 0 bridgehead atoms. The van der Waals surface area contributed by atoms with Gasteiger partial charge in [0.25, 0.3) is 0 Å². The van der Waals surface area contributed by atoms with E-state index >= 15 is 0 Å². The second kappa shape index (κ2) is 9.95. The van der Waals surface area contributed by atoms with E-state index < -0.39 is 35.3 Å². The van der Waals surface area contributed by atoms with Crippen LogP contribution in [-0.2, 0) is 10.1 Å². The zero-order chi connectivity index (χ0) is 23.4. The molecule has 1 fully saturated rings. The summed E-state index contributed by atoms with van der Waals surface area (Å²) in [5.41, 5.74) is -4.94. The molecule has 0 radical (unpaired) electrons. The van der Waals surface area contributed by atoms with Gasteiger partial charge in [0.2, 0.25) is 0 Å². The minimum Gasteiger partial charge on any atom is -0.373 e. The highest BCUT2D eigenvalue weighted by Crippen LogP contribution is 2.42. The van der Waals surface area contributed by atoms with E-state index in [0.29, 0.717) is 5.56 Å². The van der Waals surface area contributed by atoms with Gasteiger partial charge < -0.3 is 4.18 Å². The van der Waals surface area contributed by atoms with Crippen molar-refractivity contribution in [1.82, 2.24) is 0 Å². The van der Waals surface area contributed by atoms with E-state index in [2.05, 4.69) is 35.4 Å². The number of hydrogen-bond donors (Lipinski definition) is 0. The van der Waals surface area contributed by atoms with Crippen molar-refractivity contribution in [3.63, 3.8) is 0 Å². The number of unbranched alkanes of at least 4 members (excludes halogenated alkanes) is 2. The molecule has 1 aliphatic heterocycles. The first-order chi connectivity index (χ1) is 15.1. The van der Waals surface area contributed by atoms with Crippen LogP contribution in [0.5, 0.6) is 5.75 Å². The second-order valence-electron chi connectivity index (χ2n) is 8.55. The van der Waals surface area contributed by atoms with Crippen LogP contribution in [0.2, 0.25) is 18.1 Å². The molecule has 2 aromatic rings. The summed E-state index contributed by atoms with van der Waals surface area (Å²) in [4.78, 5) is 0. The van der Waals surface area contributed by atoms with Gasteiger partial charge in [-0.3, -0.25) is 0 Å². The molecule has 0 saturated carbocycles. The fraction of sp³-hybridized carbons (Fsp3) is 0.478. The van der Waals surface area contributed by atoms with E-state index in [-0.39, 0.29) is 5.92 Å². The van der Waals surface area contributed by atoms with Crippen LogP contribution < -0.4 is 9.37 Å². The lowest BCUT2D eigenvalue weighted by Gasteiger charge is -2.39. The maximum Gasteiger partial charge on any atom is 0.534 e. The molecule has 9 heteroatoms. The van der Waals surface area contributed by atoms with Gasteiger partial charge >= 0.3 is 15.6 Å². The van der Waals surface area contributed by atoms with Gasteiger partial charge in [-0.2, -0.15) is 21.6 Å². The lowest BCUT2D eigenvalue weighted by Crippen LogP contribution is -2.49. The van der Waals surface area contributed by atoms with E-state index in [9.17, 15) is 26.0 Å². The Morgan fingerprint density at radius 1 is 1.03 bits per heavy atom. The summed E-state index contributed by atoms with van der Waals surface area (Å²) in [6, 6.07) is 17.6. The molecule has 0 spiro atoms. The van der Waals surface area contributed by atoms with Gasteiger partial charge in [0.05, 0.1) is 8.07 Å². The first kappa shape index (κ1) is 24.8. The van der Waals surface area contributed by atoms with E-state index in [4.69, 9.17) is 0 Å². The SMILES string of the molecule is CCCCC[Si]1(c2ccccc2)CCC(c2ccc(OS(=O)(=O)C(F)(F)F)c(F)c2)CC1. The van der Waals surface area contributed by atoms with Crippen LogP contribution in [0, 0.1) is 5.82 Å². The first-order valence-corrected chi connectivity index (χ1v) is 15.0. The molecule has 2 aromatic carbocycles. The zero-order valence-electron chi connectivity index (χ0n) is 18.0. The third-order valence-corrected chi connectivity index (χ3v) is 12.8. The van der Waals surface area contributed by atoms with Gasteiger partial charge in [-0.15, -0.1) is 0 Å². The van der Waals surface area contributed by atoms with Crippen LogP contribution >= 0.6 is 0 Å². The smallest absolute Gasteiger partial charge is 0.373 e. The van der Waals surface area contributed by atoms with E-state index in [1.807, 2.05) is 6.07 Å². The fourth-order valence-corrected chi connectivity index (χ4v) is 10.4. The number of hydrogen-bond acceptors (Lipinski definition) is 3. The Kier molecular flexibility index (Phi) is 7.70. The van der Waals surface area contributed by atoms with Crippen LogP contribution in [0.1, 0.15) is 50.5 Å². The third kappa shape index (κ3) is 5.54. The van der Waals surface area contributed by atoms with Crippen molar-refractivity contribution >= 4 is 23.4 Å². The molecule has 0 aliphatic carbocycles. The average Bonchev–Trinajstić information content (AvgIpc) is 2.75. The molecule has 0 N–H and O–H groups in total. The van der Waals surface area contributed by atoms with Gasteiger partial charge in [-0.25, -0.2) is 4.39 Å². The monoisotopic (exact) mass is 488 g/mol. The van der Waals surface area contributed by atoms with Crippen molar-refractivity contribution in [3.8, 4) is 5.75 Å². The molecule has 1 saturated heterocycles. The van der Waals surface area contributed by atoms with Crippen molar-refractivity contribution in [1.29, 1.82) is 0 Å². The van der Waals surface area contributed by atoms with E-state index in [0.717, 1.165) is 37.1 Å². The third-order valence-electron chi connectivity index (χ3n) is 6.50. The normalized spacial score (nSPS) is 22.0. The highest BCUT2D eigenvalue weighted by molar-refractivity contribution is 7.88. The summed E-state index contributed by atoms with van der Waals surface area (Å²) in [7, 11) is -7.57. The van der Waals surface area contributed by atoms with Gasteiger partial charge in [0.15, 0.2) is 11.6 Å². The summed E-state index contributed by atoms with van der Waals surface area (Å²) in [5, 5.41) is 1.46. The summed E-state index contributed by atoms with van der Waals surface area (Å²) in [5.74, 6) is -1.95. The summed E-state index contributed by atoms with van der Waals surface area (Å²) in [6.45, 7) is 2.19. The average molecular weight is 489 g/mol. The molecule has 3 nitrogen and oxygen atoms in total. The van der Waals surface area contributed by atoms with Crippen molar-refractivity contribution in [2.75, 3.05) is 0 Å². The molecule has 0 amide bonds. The Morgan fingerprint density at radius 2 is 1.69 bits per heavy atom. The van der Waals surface area contributed by atoms with Crippen molar-refractivity contribution < 1.29 is 30.2 Å². The van der Waals surface area contributed by atoms with E-state index in [1.165, 1.54) is 36.6 Å². The number of benzene rings is 2. The number of halogens is 4. The Morgan fingerprint density at radius 3 is 2.25 bits per heavy atom. The molecule has 0 aromatic heterocycles. The Labute approximate surface area is 187 Å². The molecule has 0 atom stereocenters. The Hall–Kier alpha value is -1.87. The van der Waals surface area contributed by atoms with Crippen LogP contribution in [0.25, 0.3) is 0 Å². The molecule has 0 unspecified atom stereocenters. The second-order valence-corrected chi connectivity index (χ2v) is 14.7. The Balaban J connectivity index is 1.74. The molecule has 1 heterocycles. The highest BCUT2D eigenvalue weighted by atomic mass is 32.2. The minimum atomic E-state index is -5.90. The van der Waals surface area contributed by atoms with Gasteiger partial charge in [-0.05, 0) is 36.5 Å². The van der Waals surface area contributed by atoms with E-state index in [1.54, 1.807) is 0 Å². The molecular weight excluding hydrogens is 460 g/mol. The lowest BCUT2D eigenvalue weighted by atomic mass is 9.93. The molecule has 32 heavy (non-hydrogen) atoms.